The van der Waals surface area contributed by atoms with Gasteiger partial charge < -0.3 is 5.32 Å². The first-order valence-corrected chi connectivity index (χ1v) is 6.25. The van der Waals surface area contributed by atoms with Gasteiger partial charge in [0.05, 0.1) is 6.04 Å². The number of hydrogen-bond acceptors (Lipinski definition) is 3. The predicted octanol–water partition coefficient (Wildman–Crippen LogP) is 2.26. The highest BCUT2D eigenvalue weighted by Gasteiger charge is 2.29. The van der Waals surface area contributed by atoms with Crippen molar-refractivity contribution in [1.29, 1.82) is 0 Å². The van der Waals surface area contributed by atoms with E-state index in [1.54, 1.807) is 0 Å². The summed E-state index contributed by atoms with van der Waals surface area (Å²) in [6.07, 6.45) is 3.99. The molecule has 2 aliphatic rings. The first kappa shape index (κ1) is 9.38. The molecule has 1 aliphatic heterocycles. The van der Waals surface area contributed by atoms with Gasteiger partial charge in [-0.3, -0.25) is 4.99 Å². The Kier molecular flexibility index (Phi) is 2.82. The highest BCUT2D eigenvalue weighted by molar-refractivity contribution is 8.14. The van der Waals surface area contributed by atoms with Crippen molar-refractivity contribution < 1.29 is 0 Å². The first-order chi connectivity index (χ1) is 6.29. The normalized spacial score (nSPS) is 30.0. The maximum Gasteiger partial charge on any atom is 0.157 e. The molecule has 1 fully saturated rings. The summed E-state index contributed by atoms with van der Waals surface area (Å²) in [7, 11) is 0. The van der Waals surface area contributed by atoms with Crippen LogP contribution >= 0.6 is 11.8 Å². The molecule has 2 nitrogen and oxygen atoms in total. The zero-order valence-electron chi connectivity index (χ0n) is 8.42. The second-order valence-corrected chi connectivity index (χ2v) is 5.09. The summed E-state index contributed by atoms with van der Waals surface area (Å²) in [5, 5.41) is 4.70. The van der Waals surface area contributed by atoms with Gasteiger partial charge in [0.1, 0.15) is 0 Å². The highest BCUT2D eigenvalue weighted by Crippen LogP contribution is 2.33. The number of amidine groups is 1. The standard InChI is InChI=1S/C10H18N2S/c1-3-9-6-13-10(12-9)11-7(2)8-4-5-8/h7-9H,3-6H2,1-2H3,(H,11,12). The van der Waals surface area contributed by atoms with Gasteiger partial charge in [0, 0.05) is 11.8 Å². The van der Waals surface area contributed by atoms with Crippen molar-refractivity contribution in [2.75, 3.05) is 5.75 Å². The second kappa shape index (κ2) is 3.91. The zero-order valence-corrected chi connectivity index (χ0v) is 9.23. The quantitative estimate of drug-likeness (QED) is 0.752. The number of aliphatic imine (C=N–C) groups is 1. The van der Waals surface area contributed by atoms with E-state index in [1.165, 1.54) is 30.2 Å². The third-order valence-electron chi connectivity index (χ3n) is 2.86. The zero-order chi connectivity index (χ0) is 9.26. The summed E-state index contributed by atoms with van der Waals surface area (Å²) in [6.45, 7) is 4.49. The fraction of sp³-hybridized carbons (Fsp3) is 0.900. The van der Waals surface area contributed by atoms with Gasteiger partial charge in [-0.2, -0.15) is 0 Å². The largest absolute Gasteiger partial charge is 0.362 e. The molecular formula is C10H18N2S. The Morgan fingerprint density at radius 3 is 2.92 bits per heavy atom. The van der Waals surface area contributed by atoms with Crippen LogP contribution in [0.15, 0.2) is 4.99 Å². The second-order valence-electron chi connectivity index (χ2n) is 4.08. The molecule has 0 spiro atoms. The van der Waals surface area contributed by atoms with Gasteiger partial charge in [-0.05, 0) is 32.1 Å². The van der Waals surface area contributed by atoms with Crippen LogP contribution in [0.3, 0.4) is 0 Å². The number of thioether (sulfide) groups is 1. The monoisotopic (exact) mass is 198 g/mol. The molecule has 1 N–H and O–H groups in total. The van der Waals surface area contributed by atoms with Gasteiger partial charge in [-0.15, -0.1) is 0 Å². The van der Waals surface area contributed by atoms with E-state index < -0.39 is 0 Å². The van der Waals surface area contributed by atoms with Crippen molar-refractivity contribution in [1.82, 2.24) is 5.32 Å². The summed E-state index contributed by atoms with van der Waals surface area (Å²) in [5.74, 6) is 2.10. The molecule has 13 heavy (non-hydrogen) atoms. The van der Waals surface area contributed by atoms with Gasteiger partial charge >= 0.3 is 0 Å². The summed E-state index contributed by atoms with van der Waals surface area (Å²) in [4.78, 5) is 4.63. The van der Waals surface area contributed by atoms with Crippen LogP contribution in [-0.2, 0) is 0 Å². The van der Waals surface area contributed by atoms with Crippen molar-refractivity contribution in [2.24, 2.45) is 10.9 Å². The summed E-state index contributed by atoms with van der Waals surface area (Å²) >= 11 is 1.89. The SMILES string of the molecule is CCC1CSC(NC(C)C2CC2)=N1. The molecular weight excluding hydrogens is 180 g/mol. The van der Waals surface area contributed by atoms with E-state index in [1.807, 2.05) is 11.8 Å². The van der Waals surface area contributed by atoms with Gasteiger partial charge in [0.15, 0.2) is 5.17 Å². The van der Waals surface area contributed by atoms with E-state index in [9.17, 15) is 0 Å². The Morgan fingerprint density at radius 1 is 1.62 bits per heavy atom. The van der Waals surface area contributed by atoms with E-state index in [4.69, 9.17) is 0 Å². The van der Waals surface area contributed by atoms with Crippen LogP contribution < -0.4 is 5.32 Å². The lowest BCUT2D eigenvalue weighted by Crippen LogP contribution is -2.31. The molecule has 0 saturated heterocycles. The van der Waals surface area contributed by atoms with Crippen molar-refractivity contribution in [3.8, 4) is 0 Å². The molecule has 2 unspecified atom stereocenters. The minimum absolute atomic E-state index is 0.568. The minimum Gasteiger partial charge on any atom is -0.362 e. The Morgan fingerprint density at radius 2 is 2.38 bits per heavy atom. The molecule has 74 valence electrons. The molecule has 1 heterocycles. The highest BCUT2D eigenvalue weighted by atomic mass is 32.2. The van der Waals surface area contributed by atoms with Crippen LogP contribution in [0.2, 0.25) is 0 Å². The first-order valence-electron chi connectivity index (χ1n) is 5.26. The number of hydrogen-bond donors (Lipinski definition) is 1. The average Bonchev–Trinajstić information content (AvgIpc) is 2.88. The van der Waals surface area contributed by atoms with Crippen molar-refractivity contribution in [2.45, 2.75) is 45.2 Å². The number of rotatable bonds is 3. The fourth-order valence-corrected chi connectivity index (χ4v) is 2.77. The van der Waals surface area contributed by atoms with Gasteiger partial charge in [0.25, 0.3) is 0 Å². The van der Waals surface area contributed by atoms with Crippen LogP contribution in [0.5, 0.6) is 0 Å². The molecule has 1 aliphatic carbocycles. The third kappa shape index (κ3) is 2.39. The van der Waals surface area contributed by atoms with E-state index in [0.29, 0.717) is 12.1 Å². The molecule has 0 radical (unpaired) electrons. The smallest absolute Gasteiger partial charge is 0.157 e. The fourth-order valence-electron chi connectivity index (χ4n) is 1.61. The van der Waals surface area contributed by atoms with Gasteiger partial charge in [-0.25, -0.2) is 0 Å². The molecule has 2 atom stereocenters. The van der Waals surface area contributed by atoms with E-state index in [2.05, 4.69) is 24.2 Å². The predicted molar refractivity (Wildman–Crippen MR) is 59.3 cm³/mol. The maximum absolute atomic E-state index is 4.63. The molecule has 3 heteroatoms. The van der Waals surface area contributed by atoms with Crippen LogP contribution in [0.25, 0.3) is 0 Å². The molecule has 2 rings (SSSR count). The van der Waals surface area contributed by atoms with Crippen molar-refractivity contribution in [3.05, 3.63) is 0 Å². The average molecular weight is 198 g/mol. The van der Waals surface area contributed by atoms with E-state index in [-0.39, 0.29) is 0 Å². The molecule has 0 amide bonds. The van der Waals surface area contributed by atoms with Crippen molar-refractivity contribution >= 4 is 16.9 Å². The van der Waals surface area contributed by atoms with Gasteiger partial charge in [-0.1, -0.05) is 18.7 Å². The number of nitrogens with one attached hydrogen (secondary N) is 1. The van der Waals surface area contributed by atoms with E-state index in [0.717, 1.165) is 5.92 Å². The van der Waals surface area contributed by atoms with Crippen LogP contribution in [0, 0.1) is 5.92 Å². The van der Waals surface area contributed by atoms with Crippen molar-refractivity contribution in [3.63, 3.8) is 0 Å². The summed E-state index contributed by atoms with van der Waals surface area (Å²) < 4.78 is 0. The summed E-state index contributed by atoms with van der Waals surface area (Å²) in [5.41, 5.74) is 0. The van der Waals surface area contributed by atoms with Crippen LogP contribution in [-0.4, -0.2) is 23.0 Å². The molecule has 1 saturated carbocycles. The number of nitrogens with zero attached hydrogens (tertiary/aromatic N) is 1. The van der Waals surface area contributed by atoms with Crippen LogP contribution in [0.1, 0.15) is 33.1 Å². The maximum atomic E-state index is 4.63. The Hall–Kier alpha value is -0.180. The Balaban J connectivity index is 1.80. The lowest BCUT2D eigenvalue weighted by atomic mass is 10.2. The van der Waals surface area contributed by atoms with Gasteiger partial charge in [0.2, 0.25) is 0 Å². The Labute approximate surface area is 84.6 Å². The minimum atomic E-state index is 0.568. The molecule has 0 aromatic heterocycles. The Bertz CT molecular complexity index is 211. The van der Waals surface area contributed by atoms with E-state index >= 15 is 0 Å². The molecule has 0 bridgehead atoms. The lowest BCUT2D eigenvalue weighted by molar-refractivity contribution is 0.589. The topological polar surface area (TPSA) is 24.4 Å². The molecule has 0 aromatic rings. The lowest BCUT2D eigenvalue weighted by Gasteiger charge is -2.12. The summed E-state index contributed by atoms with van der Waals surface area (Å²) in [6, 6.07) is 1.21. The van der Waals surface area contributed by atoms with Crippen LogP contribution in [0.4, 0.5) is 0 Å². The third-order valence-corrected chi connectivity index (χ3v) is 3.91. The molecule has 0 aromatic carbocycles.